The molecule has 0 spiro atoms. The normalized spacial score (nSPS) is 10.4. The summed E-state index contributed by atoms with van der Waals surface area (Å²) in [5, 5.41) is 0. The molecule has 0 radical (unpaired) electrons. The lowest BCUT2D eigenvalue weighted by Crippen LogP contribution is -2.26. The van der Waals surface area contributed by atoms with E-state index in [1.54, 1.807) is 24.3 Å². The minimum atomic E-state index is -0.122. The van der Waals surface area contributed by atoms with Gasteiger partial charge in [-0.3, -0.25) is 4.79 Å². The Morgan fingerprint density at radius 2 is 2.00 bits per heavy atom. The van der Waals surface area contributed by atoms with Crippen molar-refractivity contribution in [3.05, 3.63) is 52.6 Å². The molecule has 0 fully saturated rings. The van der Waals surface area contributed by atoms with E-state index in [0.717, 1.165) is 11.3 Å². The maximum absolute atomic E-state index is 11.9. The number of rotatable bonds is 3. The molecular weight excluding hydrogens is 228 g/mol. The molecule has 18 heavy (non-hydrogen) atoms. The van der Waals surface area contributed by atoms with Gasteiger partial charge in [0.2, 0.25) is 0 Å². The van der Waals surface area contributed by atoms with Crippen molar-refractivity contribution < 1.29 is 0 Å². The summed E-state index contributed by atoms with van der Waals surface area (Å²) in [5.41, 5.74) is 7.39. The molecule has 0 saturated heterocycles. The van der Waals surface area contributed by atoms with Crippen molar-refractivity contribution in [2.45, 2.75) is 6.54 Å². The van der Waals surface area contributed by atoms with E-state index in [1.807, 2.05) is 31.3 Å². The van der Waals surface area contributed by atoms with E-state index < -0.39 is 0 Å². The number of aromatic nitrogens is 2. The zero-order valence-corrected chi connectivity index (χ0v) is 10.5. The highest BCUT2D eigenvalue weighted by Crippen LogP contribution is 2.18. The highest BCUT2D eigenvalue weighted by molar-refractivity contribution is 5.58. The van der Waals surface area contributed by atoms with Crippen molar-refractivity contribution in [1.29, 1.82) is 0 Å². The van der Waals surface area contributed by atoms with E-state index in [1.165, 1.54) is 4.57 Å². The number of anilines is 2. The maximum Gasteiger partial charge on any atom is 0.293 e. The molecule has 0 saturated carbocycles. The van der Waals surface area contributed by atoms with Gasteiger partial charge in [-0.1, -0.05) is 12.1 Å². The Morgan fingerprint density at radius 1 is 1.33 bits per heavy atom. The number of benzene rings is 1. The van der Waals surface area contributed by atoms with Crippen LogP contribution in [0.15, 0.2) is 41.5 Å². The topological polar surface area (TPSA) is 64.2 Å². The maximum atomic E-state index is 11.9. The second-order valence-electron chi connectivity index (χ2n) is 4.10. The molecule has 2 N–H and O–H groups in total. The minimum absolute atomic E-state index is 0.122. The van der Waals surface area contributed by atoms with Crippen molar-refractivity contribution in [3.8, 4) is 0 Å². The predicted molar refractivity (Wildman–Crippen MR) is 71.9 cm³/mol. The molecular formula is C13H16N4O. The van der Waals surface area contributed by atoms with Gasteiger partial charge >= 0.3 is 0 Å². The smallest absolute Gasteiger partial charge is 0.293 e. The van der Waals surface area contributed by atoms with Gasteiger partial charge in [-0.15, -0.1) is 0 Å². The Kier molecular flexibility index (Phi) is 3.43. The third kappa shape index (κ3) is 2.26. The van der Waals surface area contributed by atoms with Gasteiger partial charge in [-0.25, -0.2) is 4.98 Å². The molecule has 1 heterocycles. The SMILES string of the molecule is CN(c1ccc(CN)cc1)c1nccn(C)c1=O. The van der Waals surface area contributed by atoms with Crippen molar-refractivity contribution in [3.63, 3.8) is 0 Å². The van der Waals surface area contributed by atoms with Crippen LogP contribution in [0.25, 0.3) is 0 Å². The van der Waals surface area contributed by atoms with Crippen molar-refractivity contribution >= 4 is 11.5 Å². The lowest BCUT2D eigenvalue weighted by molar-refractivity contribution is 0.833. The lowest BCUT2D eigenvalue weighted by atomic mass is 10.2. The molecule has 1 aromatic heterocycles. The molecule has 5 nitrogen and oxygen atoms in total. The van der Waals surface area contributed by atoms with Crippen LogP contribution in [0, 0.1) is 0 Å². The molecule has 0 aliphatic heterocycles. The molecule has 0 aliphatic rings. The first kappa shape index (κ1) is 12.3. The Hall–Kier alpha value is -2.14. The summed E-state index contributed by atoms with van der Waals surface area (Å²) in [7, 11) is 3.53. The summed E-state index contributed by atoms with van der Waals surface area (Å²) < 4.78 is 1.51. The average molecular weight is 244 g/mol. The summed E-state index contributed by atoms with van der Waals surface area (Å²) >= 11 is 0. The van der Waals surface area contributed by atoms with Gasteiger partial charge in [0.05, 0.1) is 0 Å². The van der Waals surface area contributed by atoms with Gasteiger partial charge in [0, 0.05) is 38.7 Å². The molecule has 0 atom stereocenters. The number of hydrogen-bond acceptors (Lipinski definition) is 4. The third-order valence-corrected chi connectivity index (χ3v) is 2.88. The molecule has 0 aliphatic carbocycles. The summed E-state index contributed by atoms with van der Waals surface area (Å²) in [6.07, 6.45) is 3.25. The fraction of sp³-hybridized carbons (Fsp3) is 0.231. The number of hydrogen-bond donors (Lipinski definition) is 1. The van der Waals surface area contributed by atoms with Crippen LogP contribution >= 0.6 is 0 Å². The molecule has 0 bridgehead atoms. The van der Waals surface area contributed by atoms with Crippen LogP contribution in [0.1, 0.15) is 5.56 Å². The van der Waals surface area contributed by atoms with Gasteiger partial charge in [0.25, 0.3) is 5.56 Å². The Bertz CT molecular complexity index is 589. The first-order valence-electron chi connectivity index (χ1n) is 5.68. The average Bonchev–Trinajstić information content (AvgIpc) is 2.41. The van der Waals surface area contributed by atoms with Crippen LogP contribution < -0.4 is 16.2 Å². The predicted octanol–water partition coefficient (Wildman–Crippen LogP) is 1.01. The summed E-state index contributed by atoms with van der Waals surface area (Å²) in [6, 6.07) is 7.74. The summed E-state index contributed by atoms with van der Waals surface area (Å²) in [4.78, 5) is 17.8. The molecule has 2 aromatic rings. The minimum Gasteiger partial charge on any atom is -0.326 e. The van der Waals surface area contributed by atoms with Gasteiger partial charge < -0.3 is 15.2 Å². The largest absolute Gasteiger partial charge is 0.326 e. The first-order valence-corrected chi connectivity index (χ1v) is 5.68. The van der Waals surface area contributed by atoms with Gasteiger partial charge in [0.15, 0.2) is 5.82 Å². The Labute approximate surface area is 105 Å². The second-order valence-corrected chi connectivity index (χ2v) is 4.10. The van der Waals surface area contributed by atoms with Crippen LogP contribution in [0.4, 0.5) is 11.5 Å². The van der Waals surface area contributed by atoms with Gasteiger partial charge in [-0.2, -0.15) is 0 Å². The van der Waals surface area contributed by atoms with Crippen molar-refractivity contribution in [2.24, 2.45) is 12.8 Å². The fourth-order valence-electron chi connectivity index (χ4n) is 1.69. The summed E-state index contributed by atoms with van der Waals surface area (Å²) in [6.45, 7) is 0.509. The van der Waals surface area contributed by atoms with Crippen LogP contribution in [0.3, 0.4) is 0 Å². The van der Waals surface area contributed by atoms with Crippen LogP contribution in [-0.2, 0) is 13.6 Å². The number of nitrogens with zero attached hydrogens (tertiary/aromatic N) is 3. The Morgan fingerprint density at radius 3 is 2.61 bits per heavy atom. The molecule has 1 aromatic carbocycles. The summed E-state index contributed by atoms with van der Waals surface area (Å²) in [5.74, 6) is 0.403. The van der Waals surface area contributed by atoms with E-state index in [-0.39, 0.29) is 5.56 Å². The number of aryl methyl sites for hydroxylation is 1. The van der Waals surface area contributed by atoms with E-state index in [9.17, 15) is 4.79 Å². The first-order chi connectivity index (χ1) is 8.63. The highest BCUT2D eigenvalue weighted by Gasteiger charge is 2.10. The zero-order valence-electron chi connectivity index (χ0n) is 10.5. The van der Waals surface area contributed by atoms with Crippen LogP contribution in [0.2, 0.25) is 0 Å². The Balaban J connectivity index is 2.38. The standard InChI is InChI=1S/C13H16N4O/c1-16-8-7-15-12(13(16)18)17(2)11-5-3-10(9-14)4-6-11/h3-8H,9,14H2,1-2H3. The molecule has 5 heteroatoms. The van der Waals surface area contributed by atoms with Crippen LogP contribution in [0.5, 0.6) is 0 Å². The molecule has 0 amide bonds. The highest BCUT2D eigenvalue weighted by atomic mass is 16.1. The van der Waals surface area contributed by atoms with E-state index in [2.05, 4.69) is 4.98 Å². The van der Waals surface area contributed by atoms with Crippen LogP contribution in [-0.4, -0.2) is 16.6 Å². The number of nitrogens with two attached hydrogens (primary N) is 1. The molecule has 2 rings (SSSR count). The third-order valence-electron chi connectivity index (χ3n) is 2.88. The van der Waals surface area contributed by atoms with Crippen molar-refractivity contribution in [1.82, 2.24) is 9.55 Å². The fourth-order valence-corrected chi connectivity index (χ4v) is 1.69. The quantitative estimate of drug-likeness (QED) is 0.875. The molecule has 94 valence electrons. The molecule has 0 unspecified atom stereocenters. The monoisotopic (exact) mass is 244 g/mol. The van der Waals surface area contributed by atoms with Gasteiger partial charge in [0.1, 0.15) is 0 Å². The van der Waals surface area contributed by atoms with E-state index in [4.69, 9.17) is 5.73 Å². The van der Waals surface area contributed by atoms with Gasteiger partial charge in [-0.05, 0) is 17.7 Å². The van der Waals surface area contributed by atoms with E-state index in [0.29, 0.717) is 12.4 Å². The second kappa shape index (κ2) is 5.01. The lowest BCUT2D eigenvalue weighted by Gasteiger charge is -2.18. The van der Waals surface area contributed by atoms with E-state index >= 15 is 0 Å². The zero-order chi connectivity index (χ0) is 13.1. The van der Waals surface area contributed by atoms with Crippen molar-refractivity contribution in [2.75, 3.05) is 11.9 Å².